The third-order valence-electron chi connectivity index (χ3n) is 2.22. The summed E-state index contributed by atoms with van der Waals surface area (Å²) in [6, 6.07) is 4.25. The summed E-state index contributed by atoms with van der Waals surface area (Å²) in [6.07, 6.45) is 10.6. The molecule has 0 fully saturated rings. The second-order valence-electron chi connectivity index (χ2n) is 3.17. The van der Waals surface area contributed by atoms with Crippen molar-refractivity contribution in [3.8, 4) is 0 Å². The van der Waals surface area contributed by atoms with E-state index in [0.29, 0.717) is 0 Å². The van der Waals surface area contributed by atoms with Crippen LogP contribution in [-0.4, -0.2) is 4.98 Å². The van der Waals surface area contributed by atoms with Crippen LogP contribution in [0.1, 0.15) is 30.3 Å². The Morgan fingerprint density at radius 3 is 2.92 bits per heavy atom. The van der Waals surface area contributed by atoms with E-state index in [1.165, 1.54) is 11.3 Å². The van der Waals surface area contributed by atoms with Gasteiger partial charge >= 0.3 is 0 Å². The van der Waals surface area contributed by atoms with Crippen molar-refractivity contribution >= 4 is 12.2 Å². The van der Waals surface area contributed by atoms with Crippen molar-refractivity contribution < 1.29 is 0 Å². The first kappa shape index (κ1) is 8.24. The van der Waals surface area contributed by atoms with Crippen LogP contribution in [0.5, 0.6) is 0 Å². The number of rotatable bonds is 1. The van der Waals surface area contributed by atoms with E-state index in [-0.39, 0.29) is 0 Å². The summed E-state index contributed by atoms with van der Waals surface area (Å²) in [5.74, 6) is 0. The maximum absolute atomic E-state index is 4.55. The van der Waals surface area contributed by atoms with Gasteiger partial charge in [-0.3, -0.25) is 4.98 Å². The molecule has 0 amide bonds. The molecule has 1 heterocycles. The van der Waals surface area contributed by atoms with E-state index in [2.05, 4.69) is 48.3 Å². The van der Waals surface area contributed by atoms with Gasteiger partial charge in [-0.1, -0.05) is 31.2 Å². The Labute approximate surface area is 78.8 Å². The SMILES string of the molecule is CCc1ccc2c(n1)C=CCC=C2. The zero-order valence-corrected chi connectivity index (χ0v) is 7.83. The van der Waals surface area contributed by atoms with Crippen LogP contribution in [0.4, 0.5) is 0 Å². The molecule has 1 aromatic heterocycles. The van der Waals surface area contributed by atoms with Crippen molar-refractivity contribution in [1.82, 2.24) is 4.98 Å². The summed E-state index contributed by atoms with van der Waals surface area (Å²) >= 11 is 0. The van der Waals surface area contributed by atoms with Crippen LogP contribution in [0, 0.1) is 0 Å². The summed E-state index contributed by atoms with van der Waals surface area (Å²) in [4.78, 5) is 4.55. The van der Waals surface area contributed by atoms with Gasteiger partial charge < -0.3 is 0 Å². The third-order valence-corrected chi connectivity index (χ3v) is 2.22. The molecule has 0 aromatic carbocycles. The average molecular weight is 171 g/mol. The Balaban J connectivity index is 2.50. The van der Waals surface area contributed by atoms with Gasteiger partial charge in [0.1, 0.15) is 0 Å². The average Bonchev–Trinajstić information content (AvgIpc) is 2.41. The molecule has 1 aliphatic rings. The fourth-order valence-corrected chi connectivity index (χ4v) is 1.45. The molecule has 0 spiro atoms. The van der Waals surface area contributed by atoms with Gasteiger partial charge in [0.05, 0.1) is 5.69 Å². The number of aromatic nitrogens is 1. The number of hydrogen-bond acceptors (Lipinski definition) is 1. The molecule has 0 atom stereocenters. The standard InChI is InChI=1S/C12H13N/c1-2-11-9-8-10-6-4-3-5-7-12(10)13-11/h4-9H,2-3H2,1H3. The van der Waals surface area contributed by atoms with E-state index in [9.17, 15) is 0 Å². The molecule has 1 nitrogen and oxygen atoms in total. The highest BCUT2D eigenvalue weighted by Crippen LogP contribution is 2.15. The Morgan fingerprint density at radius 2 is 2.08 bits per heavy atom. The lowest BCUT2D eigenvalue weighted by molar-refractivity contribution is 1.03. The molecule has 0 aliphatic heterocycles. The largest absolute Gasteiger partial charge is 0.253 e. The molecular formula is C12H13N. The van der Waals surface area contributed by atoms with Crippen molar-refractivity contribution in [1.29, 1.82) is 0 Å². The van der Waals surface area contributed by atoms with Crippen LogP contribution >= 0.6 is 0 Å². The van der Waals surface area contributed by atoms with Crippen molar-refractivity contribution in [3.63, 3.8) is 0 Å². The first-order valence-corrected chi connectivity index (χ1v) is 4.73. The van der Waals surface area contributed by atoms with Gasteiger partial charge in [-0.15, -0.1) is 0 Å². The molecule has 13 heavy (non-hydrogen) atoms. The molecule has 1 heteroatoms. The van der Waals surface area contributed by atoms with Gasteiger partial charge in [-0.2, -0.15) is 0 Å². The van der Waals surface area contributed by atoms with Crippen LogP contribution in [0.15, 0.2) is 24.3 Å². The molecule has 0 N–H and O–H groups in total. The number of hydrogen-bond donors (Lipinski definition) is 0. The molecule has 1 aromatic rings. The Morgan fingerprint density at radius 1 is 1.23 bits per heavy atom. The molecule has 2 rings (SSSR count). The lowest BCUT2D eigenvalue weighted by atomic mass is 10.1. The van der Waals surface area contributed by atoms with E-state index < -0.39 is 0 Å². The molecular weight excluding hydrogens is 158 g/mol. The normalized spacial score (nSPS) is 13.9. The Kier molecular flexibility index (Phi) is 2.26. The lowest BCUT2D eigenvalue weighted by Crippen LogP contribution is -1.91. The highest BCUT2D eigenvalue weighted by Gasteiger charge is 2.00. The summed E-state index contributed by atoms with van der Waals surface area (Å²) in [5, 5.41) is 0. The van der Waals surface area contributed by atoms with Crippen LogP contribution in [0.3, 0.4) is 0 Å². The molecule has 0 bridgehead atoms. The maximum atomic E-state index is 4.55. The molecule has 66 valence electrons. The summed E-state index contributed by atoms with van der Waals surface area (Å²) < 4.78 is 0. The van der Waals surface area contributed by atoms with E-state index in [1.807, 2.05) is 0 Å². The lowest BCUT2D eigenvalue weighted by Gasteiger charge is -2.01. The smallest absolute Gasteiger partial charge is 0.0702 e. The highest BCUT2D eigenvalue weighted by molar-refractivity contribution is 5.64. The number of aryl methyl sites for hydroxylation is 1. The first-order chi connectivity index (χ1) is 6.40. The van der Waals surface area contributed by atoms with Crippen LogP contribution in [0.2, 0.25) is 0 Å². The zero-order chi connectivity index (χ0) is 9.10. The van der Waals surface area contributed by atoms with Crippen molar-refractivity contribution in [2.45, 2.75) is 19.8 Å². The minimum absolute atomic E-state index is 1.00. The van der Waals surface area contributed by atoms with Crippen LogP contribution in [-0.2, 0) is 6.42 Å². The van der Waals surface area contributed by atoms with Gasteiger partial charge in [0, 0.05) is 5.69 Å². The number of fused-ring (bicyclic) bond motifs is 1. The topological polar surface area (TPSA) is 12.9 Å². The fraction of sp³-hybridized carbons (Fsp3) is 0.250. The molecule has 0 unspecified atom stereocenters. The quantitative estimate of drug-likeness (QED) is 0.632. The minimum Gasteiger partial charge on any atom is -0.253 e. The predicted octanol–water partition coefficient (Wildman–Crippen LogP) is 3.07. The van der Waals surface area contributed by atoms with Crippen LogP contribution < -0.4 is 0 Å². The second kappa shape index (κ2) is 3.56. The monoisotopic (exact) mass is 171 g/mol. The fourth-order valence-electron chi connectivity index (χ4n) is 1.45. The summed E-state index contributed by atoms with van der Waals surface area (Å²) in [5.41, 5.74) is 3.50. The summed E-state index contributed by atoms with van der Waals surface area (Å²) in [6.45, 7) is 2.13. The molecule has 0 saturated heterocycles. The maximum Gasteiger partial charge on any atom is 0.0702 e. The number of nitrogens with zero attached hydrogens (tertiary/aromatic N) is 1. The third kappa shape index (κ3) is 1.69. The predicted molar refractivity (Wildman–Crippen MR) is 56.3 cm³/mol. The Hall–Kier alpha value is -1.37. The zero-order valence-electron chi connectivity index (χ0n) is 7.83. The highest BCUT2D eigenvalue weighted by atomic mass is 14.7. The summed E-state index contributed by atoms with van der Waals surface area (Å²) in [7, 11) is 0. The molecule has 0 saturated carbocycles. The number of pyridine rings is 1. The first-order valence-electron chi connectivity index (χ1n) is 4.73. The second-order valence-corrected chi connectivity index (χ2v) is 3.17. The van der Waals surface area contributed by atoms with E-state index >= 15 is 0 Å². The van der Waals surface area contributed by atoms with Crippen LogP contribution in [0.25, 0.3) is 12.2 Å². The van der Waals surface area contributed by atoms with Gasteiger partial charge in [0.25, 0.3) is 0 Å². The Bertz CT molecular complexity index is 361. The van der Waals surface area contributed by atoms with Gasteiger partial charge in [-0.05, 0) is 30.5 Å². The minimum atomic E-state index is 1.00. The van der Waals surface area contributed by atoms with E-state index in [0.717, 1.165) is 18.5 Å². The van der Waals surface area contributed by atoms with Gasteiger partial charge in [-0.25, -0.2) is 0 Å². The van der Waals surface area contributed by atoms with E-state index in [4.69, 9.17) is 0 Å². The molecule has 0 radical (unpaired) electrons. The number of allylic oxidation sites excluding steroid dienone is 2. The van der Waals surface area contributed by atoms with E-state index in [1.54, 1.807) is 0 Å². The van der Waals surface area contributed by atoms with Crippen molar-refractivity contribution in [3.05, 3.63) is 41.2 Å². The van der Waals surface area contributed by atoms with Gasteiger partial charge in [0.15, 0.2) is 0 Å². The molecule has 1 aliphatic carbocycles. The van der Waals surface area contributed by atoms with Gasteiger partial charge in [0.2, 0.25) is 0 Å². The van der Waals surface area contributed by atoms with Crippen molar-refractivity contribution in [2.75, 3.05) is 0 Å². The van der Waals surface area contributed by atoms with Crippen molar-refractivity contribution in [2.24, 2.45) is 0 Å².